The molecule has 0 aliphatic carbocycles. The minimum absolute atomic E-state index is 0.106. The number of aryl methyl sites for hydroxylation is 1. The second kappa shape index (κ2) is 8.73. The Kier molecular flexibility index (Phi) is 7.21. The van der Waals surface area contributed by atoms with Gasteiger partial charge in [-0.1, -0.05) is 52.7 Å². The molecule has 0 spiro atoms. The Labute approximate surface area is 161 Å². The summed E-state index contributed by atoms with van der Waals surface area (Å²) in [7, 11) is 0. The summed E-state index contributed by atoms with van der Waals surface area (Å²) < 4.78 is 0. The quantitative estimate of drug-likeness (QED) is 0.269. The molecule has 0 saturated heterocycles. The molecule has 0 amide bonds. The summed E-state index contributed by atoms with van der Waals surface area (Å²) in [6.07, 6.45) is 10.5. The van der Waals surface area contributed by atoms with Gasteiger partial charge in [0.05, 0.1) is 0 Å². The van der Waals surface area contributed by atoms with E-state index in [9.17, 15) is 0 Å². The molecule has 0 unspecified atom stereocenters. The summed E-state index contributed by atoms with van der Waals surface area (Å²) in [6.45, 7) is 11.2. The van der Waals surface area contributed by atoms with Crippen molar-refractivity contribution in [1.82, 2.24) is 0 Å². The van der Waals surface area contributed by atoms with E-state index in [-0.39, 0.29) is 5.41 Å². The first-order chi connectivity index (χ1) is 11.4. The highest BCUT2D eigenvalue weighted by molar-refractivity contribution is 7.80. The number of hydrogen-bond acceptors (Lipinski definition) is 3. The van der Waals surface area contributed by atoms with Crippen LogP contribution in [-0.4, -0.2) is 0 Å². The van der Waals surface area contributed by atoms with Gasteiger partial charge in [-0.3, -0.25) is 0 Å². The van der Waals surface area contributed by atoms with Gasteiger partial charge in [0.15, 0.2) is 0 Å². The second-order valence-corrected chi connectivity index (χ2v) is 9.51. The fraction of sp³-hybridized carbons (Fsp3) is 0.524. The summed E-state index contributed by atoms with van der Waals surface area (Å²) in [5.74, 6) is 0. The maximum atomic E-state index is 4.87. The number of unbranched alkanes of at least 4 members (excludes halogenated alkanes) is 2. The molecule has 0 saturated carbocycles. The molecule has 24 heavy (non-hydrogen) atoms. The molecule has 0 atom stereocenters. The van der Waals surface area contributed by atoms with Gasteiger partial charge in [-0.2, -0.15) is 0 Å². The molecule has 0 aliphatic heterocycles. The third kappa shape index (κ3) is 4.36. The maximum Gasteiger partial charge on any atom is 0.0489 e. The zero-order valence-electron chi connectivity index (χ0n) is 15.6. The monoisotopic (exact) mass is 378 g/mol. The van der Waals surface area contributed by atoms with Gasteiger partial charge >= 0.3 is 0 Å². The van der Waals surface area contributed by atoms with Crippen molar-refractivity contribution in [3.63, 3.8) is 0 Å². The maximum absolute atomic E-state index is 4.87. The Hall–Kier alpha value is -0.510. The average Bonchev–Trinajstić information content (AvgIpc) is 3.14. The molecule has 0 aliphatic rings. The number of thiophene rings is 2. The highest BCUT2D eigenvalue weighted by Gasteiger charge is 2.22. The lowest BCUT2D eigenvalue weighted by molar-refractivity contribution is 0.685. The summed E-state index contributed by atoms with van der Waals surface area (Å²) in [6, 6.07) is 4.62. The lowest BCUT2D eigenvalue weighted by Gasteiger charge is -2.17. The van der Waals surface area contributed by atoms with Crippen LogP contribution in [0.4, 0.5) is 0 Å². The van der Waals surface area contributed by atoms with E-state index in [1.54, 1.807) is 0 Å². The number of hydrogen-bond donors (Lipinski definition) is 1. The summed E-state index contributed by atoms with van der Waals surface area (Å²) in [4.78, 5) is 6.98. The van der Waals surface area contributed by atoms with Gasteiger partial charge in [-0.05, 0) is 43.9 Å². The van der Waals surface area contributed by atoms with Crippen LogP contribution >= 0.6 is 35.3 Å². The molecule has 0 aromatic carbocycles. The zero-order valence-corrected chi connectivity index (χ0v) is 18.1. The molecule has 0 N–H and O–H groups in total. The SMILES string of the molecule is C/C=C\C(C)(C)c1ccc(-c2sc(CC)c(S)c2CCCCC)s1. The molecule has 0 radical (unpaired) electrons. The van der Waals surface area contributed by atoms with Gasteiger partial charge in [0, 0.05) is 29.8 Å². The minimum atomic E-state index is 0.106. The molecule has 2 heterocycles. The van der Waals surface area contributed by atoms with Crippen LogP contribution in [0.2, 0.25) is 0 Å². The van der Waals surface area contributed by atoms with Crippen molar-refractivity contribution in [2.45, 2.75) is 77.0 Å². The first kappa shape index (κ1) is 19.8. The molecule has 0 bridgehead atoms. The largest absolute Gasteiger partial charge is 0.142 e. The Bertz CT molecular complexity index is 686. The molecule has 2 aromatic rings. The van der Waals surface area contributed by atoms with Gasteiger partial charge in [0.25, 0.3) is 0 Å². The van der Waals surface area contributed by atoms with Crippen molar-refractivity contribution in [3.05, 3.63) is 39.6 Å². The second-order valence-electron chi connectivity index (χ2n) is 6.88. The van der Waals surface area contributed by atoms with Crippen molar-refractivity contribution in [2.24, 2.45) is 0 Å². The predicted octanol–water partition coefficient (Wildman–Crippen LogP) is 7.91. The summed E-state index contributed by atoms with van der Waals surface area (Å²) in [5.41, 5.74) is 1.58. The van der Waals surface area contributed by atoms with E-state index in [1.807, 2.05) is 22.7 Å². The van der Waals surface area contributed by atoms with Crippen LogP contribution < -0.4 is 0 Å². The van der Waals surface area contributed by atoms with E-state index in [0.29, 0.717) is 0 Å². The minimum Gasteiger partial charge on any atom is -0.142 e. The zero-order chi connectivity index (χ0) is 17.7. The van der Waals surface area contributed by atoms with Crippen molar-refractivity contribution in [2.75, 3.05) is 0 Å². The number of rotatable bonds is 8. The average molecular weight is 379 g/mol. The van der Waals surface area contributed by atoms with Crippen LogP contribution in [0.15, 0.2) is 29.2 Å². The smallest absolute Gasteiger partial charge is 0.0489 e. The lowest BCUT2D eigenvalue weighted by Crippen LogP contribution is -2.10. The van der Waals surface area contributed by atoms with Gasteiger partial charge in [-0.25, -0.2) is 0 Å². The van der Waals surface area contributed by atoms with E-state index >= 15 is 0 Å². The standard InChI is InChI=1S/C21H30S3/c1-6-9-10-11-15-19(22)16(8-3)24-20(15)17-12-13-18(23-17)21(4,5)14-7-2/h7,12-14,22H,6,8-11H2,1-5H3/b14-7-. The number of allylic oxidation sites excluding steroid dienone is 2. The Balaban J connectivity index is 2.39. The van der Waals surface area contributed by atoms with E-state index in [1.165, 1.54) is 49.2 Å². The Morgan fingerprint density at radius 2 is 1.88 bits per heavy atom. The summed E-state index contributed by atoms with van der Waals surface area (Å²) in [5, 5.41) is 0. The van der Waals surface area contributed by atoms with Crippen LogP contribution in [0, 0.1) is 0 Å². The highest BCUT2D eigenvalue weighted by atomic mass is 32.1. The molecular formula is C21H30S3. The topological polar surface area (TPSA) is 0 Å². The molecule has 2 aromatic heterocycles. The molecule has 0 fully saturated rings. The Morgan fingerprint density at radius 3 is 2.50 bits per heavy atom. The van der Waals surface area contributed by atoms with Gasteiger partial charge < -0.3 is 0 Å². The molecule has 3 heteroatoms. The summed E-state index contributed by atoms with van der Waals surface area (Å²) >= 11 is 8.76. The van der Waals surface area contributed by atoms with Crippen LogP contribution in [0.1, 0.15) is 69.2 Å². The normalized spacial score (nSPS) is 12.4. The molecular weight excluding hydrogens is 348 g/mol. The molecule has 132 valence electrons. The van der Waals surface area contributed by atoms with E-state index in [0.717, 1.165) is 12.8 Å². The van der Waals surface area contributed by atoms with Crippen LogP contribution in [0.3, 0.4) is 0 Å². The third-order valence-corrected chi connectivity index (χ3v) is 8.12. The fourth-order valence-electron chi connectivity index (χ4n) is 3.04. The third-order valence-electron chi connectivity index (χ3n) is 4.45. The van der Waals surface area contributed by atoms with Crippen LogP contribution in [-0.2, 0) is 18.3 Å². The van der Waals surface area contributed by atoms with Crippen molar-refractivity contribution < 1.29 is 0 Å². The van der Waals surface area contributed by atoms with E-state index in [2.05, 4.69) is 58.9 Å². The molecule has 0 nitrogen and oxygen atoms in total. The van der Waals surface area contributed by atoms with Crippen molar-refractivity contribution in [1.29, 1.82) is 0 Å². The predicted molar refractivity (Wildman–Crippen MR) is 115 cm³/mol. The van der Waals surface area contributed by atoms with E-state index < -0.39 is 0 Å². The fourth-order valence-corrected chi connectivity index (χ4v) is 6.04. The van der Waals surface area contributed by atoms with Crippen molar-refractivity contribution >= 4 is 35.3 Å². The first-order valence-corrected chi connectivity index (χ1v) is 11.1. The van der Waals surface area contributed by atoms with Gasteiger partial charge in [-0.15, -0.1) is 35.3 Å². The van der Waals surface area contributed by atoms with Crippen molar-refractivity contribution in [3.8, 4) is 9.75 Å². The first-order valence-electron chi connectivity index (χ1n) is 9.02. The Morgan fingerprint density at radius 1 is 1.12 bits per heavy atom. The van der Waals surface area contributed by atoms with Gasteiger partial charge in [0.1, 0.15) is 0 Å². The van der Waals surface area contributed by atoms with Gasteiger partial charge in [0.2, 0.25) is 0 Å². The highest BCUT2D eigenvalue weighted by Crippen LogP contribution is 2.44. The van der Waals surface area contributed by atoms with E-state index in [4.69, 9.17) is 12.6 Å². The van der Waals surface area contributed by atoms with Crippen LogP contribution in [0.25, 0.3) is 9.75 Å². The number of thiol groups is 1. The van der Waals surface area contributed by atoms with Crippen LogP contribution in [0.5, 0.6) is 0 Å². The molecule has 2 rings (SSSR count). The lowest BCUT2D eigenvalue weighted by atomic mass is 9.91.